The summed E-state index contributed by atoms with van der Waals surface area (Å²) in [6.07, 6.45) is 5.92. The van der Waals surface area contributed by atoms with Crippen LogP contribution in [-0.4, -0.2) is 15.7 Å². The zero-order valence-corrected chi connectivity index (χ0v) is 10.8. The van der Waals surface area contributed by atoms with E-state index < -0.39 is 0 Å². The fraction of sp³-hybridized carbons (Fsp3) is 0. The van der Waals surface area contributed by atoms with Crippen molar-refractivity contribution in [3.05, 3.63) is 83.4 Å². The minimum Gasteiger partial charge on any atom is -0.362 e. The average molecular weight is 259 g/mol. The molecule has 0 radical (unpaired) electrons. The van der Waals surface area contributed by atoms with Gasteiger partial charge in [-0.3, -0.25) is 0 Å². The van der Waals surface area contributed by atoms with Crippen LogP contribution in [0.5, 0.6) is 0 Å². The van der Waals surface area contributed by atoms with E-state index in [9.17, 15) is 0 Å². The Kier molecular flexibility index (Phi) is 2.42. The molecule has 0 atom stereocenters. The summed E-state index contributed by atoms with van der Waals surface area (Å²) in [5, 5.41) is 0. The van der Waals surface area contributed by atoms with Gasteiger partial charge in [0.1, 0.15) is 0 Å². The first-order valence-corrected chi connectivity index (χ1v) is 6.59. The van der Waals surface area contributed by atoms with Crippen molar-refractivity contribution in [1.82, 2.24) is 9.97 Å². The molecule has 2 N–H and O–H groups in total. The molecule has 0 bridgehead atoms. The van der Waals surface area contributed by atoms with Gasteiger partial charge >= 0.3 is 0 Å². The van der Waals surface area contributed by atoms with Crippen LogP contribution in [0.2, 0.25) is 0 Å². The van der Waals surface area contributed by atoms with E-state index in [0.29, 0.717) is 0 Å². The molecule has 0 saturated carbocycles. The summed E-state index contributed by atoms with van der Waals surface area (Å²) >= 11 is 0. The Morgan fingerprint density at radius 2 is 1.60 bits per heavy atom. The number of aromatic nitrogens is 2. The highest BCUT2D eigenvalue weighted by Crippen LogP contribution is 2.31. The Hall–Kier alpha value is -2.81. The van der Waals surface area contributed by atoms with Gasteiger partial charge in [0.25, 0.3) is 0 Å². The Bertz CT molecular complexity index is 791. The standard InChI is InChI=1S/C17H13N3/c1-2-7-14-13(6-1)16(11-12-5-3-9-18-12)20-17(14)15-8-4-10-19-15/h1-11,18-19H/b16-11-. The third-order valence-corrected chi connectivity index (χ3v) is 3.46. The van der Waals surface area contributed by atoms with Crippen LogP contribution in [0.4, 0.5) is 0 Å². The quantitative estimate of drug-likeness (QED) is 0.705. The maximum Gasteiger partial charge on any atom is 0.0950 e. The molecule has 2 aromatic heterocycles. The van der Waals surface area contributed by atoms with Gasteiger partial charge in [-0.2, -0.15) is 0 Å². The first-order chi connectivity index (χ1) is 9.92. The van der Waals surface area contributed by atoms with E-state index in [0.717, 1.165) is 22.8 Å². The summed E-state index contributed by atoms with van der Waals surface area (Å²) in [7, 11) is 0. The summed E-state index contributed by atoms with van der Waals surface area (Å²) in [5.41, 5.74) is 6.45. The number of hydrogen-bond donors (Lipinski definition) is 2. The van der Waals surface area contributed by atoms with Crippen molar-refractivity contribution >= 4 is 17.5 Å². The van der Waals surface area contributed by atoms with Crippen molar-refractivity contribution < 1.29 is 0 Å². The summed E-state index contributed by atoms with van der Waals surface area (Å²) in [6, 6.07) is 16.4. The molecule has 1 aliphatic rings. The van der Waals surface area contributed by atoms with E-state index >= 15 is 0 Å². The second-order valence-electron chi connectivity index (χ2n) is 4.74. The van der Waals surface area contributed by atoms with E-state index in [2.05, 4.69) is 40.3 Å². The molecule has 96 valence electrons. The number of rotatable bonds is 2. The van der Waals surface area contributed by atoms with Crippen LogP contribution in [0.1, 0.15) is 22.5 Å². The van der Waals surface area contributed by atoms with E-state index in [-0.39, 0.29) is 0 Å². The molecule has 1 aliphatic heterocycles. The number of aliphatic imine (C=N–C) groups is 1. The van der Waals surface area contributed by atoms with Gasteiger partial charge < -0.3 is 9.97 Å². The highest BCUT2D eigenvalue weighted by atomic mass is 14.8. The normalized spacial score (nSPS) is 15.4. The van der Waals surface area contributed by atoms with Gasteiger partial charge in [0.05, 0.1) is 17.1 Å². The van der Waals surface area contributed by atoms with Crippen molar-refractivity contribution in [2.45, 2.75) is 0 Å². The molecule has 0 saturated heterocycles. The van der Waals surface area contributed by atoms with Gasteiger partial charge in [-0.1, -0.05) is 24.3 Å². The van der Waals surface area contributed by atoms with E-state index in [1.54, 1.807) is 0 Å². The number of nitrogens with zero attached hydrogens (tertiary/aromatic N) is 1. The molecular formula is C17H13N3. The van der Waals surface area contributed by atoms with Gasteiger partial charge in [-0.15, -0.1) is 0 Å². The SMILES string of the molecule is C(=C1/N=C(c2ccc[nH]2)c2ccccc21)/c1ccc[nH]1. The molecule has 3 aromatic rings. The van der Waals surface area contributed by atoms with Gasteiger partial charge in [0.2, 0.25) is 0 Å². The average Bonchev–Trinajstić information content (AvgIpc) is 3.19. The molecule has 0 fully saturated rings. The molecule has 3 heterocycles. The first kappa shape index (κ1) is 11.1. The summed E-state index contributed by atoms with van der Waals surface area (Å²) in [4.78, 5) is 11.2. The number of nitrogens with one attached hydrogen (secondary N) is 2. The summed E-state index contributed by atoms with van der Waals surface area (Å²) < 4.78 is 0. The first-order valence-electron chi connectivity index (χ1n) is 6.59. The van der Waals surface area contributed by atoms with Crippen molar-refractivity contribution in [3.63, 3.8) is 0 Å². The molecule has 4 rings (SSSR count). The maximum atomic E-state index is 4.80. The molecule has 3 heteroatoms. The van der Waals surface area contributed by atoms with Crippen LogP contribution in [0, 0.1) is 0 Å². The van der Waals surface area contributed by atoms with E-state index in [4.69, 9.17) is 4.99 Å². The Balaban J connectivity index is 1.89. The molecule has 0 unspecified atom stereocenters. The Morgan fingerprint density at radius 1 is 0.800 bits per heavy atom. The minimum atomic E-state index is 0.993. The minimum absolute atomic E-state index is 0.993. The monoisotopic (exact) mass is 259 g/mol. The molecule has 3 nitrogen and oxygen atoms in total. The van der Waals surface area contributed by atoms with Crippen LogP contribution in [0.3, 0.4) is 0 Å². The molecule has 0 amide bonds. The molecular weight excluding hydrogens is 246 g/mol. The second-order valence-corrected chi connectivity index (χ2v) is 4.74. The van der Waals surface area contributed by atoms with Gasteiger partial charge in [0.15, 0.2) is 0 Å². The lowest BCUT2D eigenvalue weighted by atomic mass is 10.0. The number of H-pyrrole nitrogens is 2. The third kappa shape index (κ3) is 1.72. The third-order valence-electron chi connectivity index (χ3n) is 3.46. The van der Waals surface area contributed by atoms with Crippen LogP contribution in [0.15, 0.2) is 65.9 Å². The lowest BCUT2D eigenvalue weighted by molar-refractivity contribution is 1.36. The van der Waals surface area contributed by atoms with Crippen LogP contribution in [0.25, 0.3) is 11.8 Å². The van der Waals surface area contributed by atoms with Crippen molar-refractivity contribution in [1.29, 1.82) is 0 Å². The number of aromatic amines is 2. The maximum absolute atomic E-state index is 4.80. The van der Waals surface area contributed by atoms with Crippen molar-refractivity contribution in [2.75, 3.05) is 0 Å². The fourth-order valence-corrected chi connectivity index (χ4v) is 2.53. The van der Waals surface area contributed by atoms with E-state index in [1.165, 1.54) is 11.1 Å². The lowest BCUT2D eigenvalue weighted by Crippen LogP contribution is -2.00. The molecule has 1 aromatic carbocycles. The zero-order valence-electron chi connectivity index (χ0n) is 10.8. The molecule has 20 heavy (non-hydrogen) atoms. The predicted octanol–water partition coefficient (Wildman–Crippen LogP) is 3.69. The Morgan fingerprint density at radius 3 is 2.35 bits per heavy atom. The largest absolute Gasteiger partial charge is 0.362 e. The van der Waals surface area contributed by atoms with Crippen LogP contribution < -0.4 is 0 Å². The van der Waals surface area contributed by atoms with Crippen LogP contribution >= 0.6 is 0 Å². The van der Waals surface area contributed by atoms with E-state index in [1.807, 2.05) is 36.7 Å². The smallest absolute Gasteiger partial charge is 0.0950 e. The fourth-order valence-electron chi connectivity index (χ4n) is 2.53. The summed E-state index contributed by atoms with van der Waals surface area (Å²) in [6.45, 7) is 0. The van der Waals surface area contributed by atoms with Gasteiger partial charge in [-0.05, 0) is 30.3 Å². The molecule has 0 aliphatic carbocycles. The Labute approximate surface area is 116 Å². The topological polar surface area (TPSA) is 43.9 Å². The van der Waals surface area contributed by atoms with Gasteiger partial charge in [-0.25, -0.2) is 4.99 Å². The number of fused-ring (bicyclic) bond motifs is 1. The molecule has 0 spiro atoms. The zero-order chi connectivity index (χ0) is 13.4. The van der Waals surface area contributed by atoms with Crippen molar-refractivity contribution in [2.24, 2.45) is 4.99 Å². The number of hydrogen-bond acceptors (Lipinski definition) is 1. The highest BCUT2D eigenvalue weighted by Gasteiger charge is 2.21. The predicted molar refractivity (Wildman–Crippen MR) is 81.5 cm³/mol. The number of benzene rings is 1. The summed E-state index contributed by atoms with van der Waals surface area (Å²) in [5.74, 6) is 0. The second kappa shape index (κ2) is 4.38. The lowest BCUT2D eigenvalue weighted by Gasteiger charge is -2.00. The van der Waals surface area contributed by atoms with Crippen LogP contribution in [-0.2, 0) is 0 Å². The highest BCUT2D eigenvalue weighted by molar-refractivity contribution is 6.20. The van der Waals surface area contributed by atoms with Gasteiger partial charge in [0, 0.05) is 29.2 Å². The van der Waals surface area contributed by atoms with Crippen molar-refractivity contribution in [3.8, 4) is 0 Å².